The zero-order valence-corrected chi connectivity index (χ0v) is 17.8. The Balaban J connectivity index is 1.53. The molecule has 0 spiro atoms. The van der Waals surface area contributed by atoms with Crippen LogP contribution in [0.15, 0.2) is 55.0 Å². The number of hydrogen-bond acceptors (Lipinski definition) is 5. The van der Waals surface area contributed by atoms with E-state index < -0.39 is 6.10 Å². The van der Waals surface area contributed by atoms with Gasteiger partial charge in [0.1, 0.15) is 11.6 Å². The molecule has 1 aromatic carbocycles. The van der Waals surface area contributed by atoms with Gasteiger partial charge in [-0.1, -0.05) is 13.8 Å². The van der Waals surface area contributed by atoms with Gasteiger partial charge in [-0.25, -0.2) is 14.4 Å². The average molecular weight is 420 g/mol. The number of carbonyl (C=O) groups is 1. The second kappa shape index (κ2) is 8.41. The van der Waals surface area contributed by atoms with Crippen molar-refractivity contribution >= 4 is 5.91 Å². The van der Waals surface area contributed by atoms with Crippen molar-refractivity contribution in [3.05, 3.63) is 72.1 Å². The molecule has 7 heteroatoms. The Bertz CT molecular complexity index is 1070. The van der Waals surface area contributed by atoms with E-state index in [4.69, 9.17) is 9.72 Å². The average Bonchev–Trinajstić information content (AvgIpc) is 2.74. The number of nitrogens with zero attached hydrogens (tertiary/aromatic N) is 3. The van der Waals surface area contributed by atoms with Gasteiger partial charge in [-0.05, 0) is 61.6 Å². The van der Waals surface area contributed by atoms with Crippen LogP contribution in [0.3, 0.4) is 0 Å². The van der Waals surface area contributed by atoms with E-state index in [2.05, 4.69) is 29.1 Å². The van der Waals surface area contributed by atoms with Crippen molar-refractivity contribution in [3.8, 4) is 17.1 Å². The van der Waals surface area contributed by atoms with Crippen molar-refractivity contribution in [1.29, 1.82) is 0 Å². The van der Waals surface area contributed by atoms with Crippen molar-refractivity contribution in [2.45, 2.75) is 45.8 Å². The van der Waals surface area contributed by atoms with E-state index in [-0.39, 0.29) is 23.2 Å². The summed E-state index contributed by atoms with van der Waals surface area (Å²) < 4.78 is 18.8. The summed E-state index contributed by atoms with van der Waals surface area (Å²) >= 11 is 0. The highest BCUT2D eigenvalue weighted by molar-refractivity contribution is 5.81. The molecule has 1 N–H and O–H groups in total. The Labute approximate surface area is 180 Å². The summed E-state index contributed by atoms with van der Waals surface area (Å²) in [7, 11) is 0. The number of pyridine rings is 1. The number of nitrogens with one attached hydrogen (secondary N) is 1. The number of aromatic nitrogens is 3. The summed E-state index contributed by atoms with van der Waals surface area (Å²) in [4.78, 5) is 26.2. The highest BCUT2D eigenvalue weighted by Crippen LogP contribution is 2.40. The van der Waals surface area contributed by atoms with Gasteiger partial charge in [-0.3, -0.25) is 9.78 Å². The van der Waals surface area contributed by atoms with Crippen molar-refractivity contribution in [3.63, 3.8) is 0 Å². The Kier molecular flexibility index (Phi) is 5.67. The third kappa shape index (κ3) is 4.87. The number of halogens is 1. The summed E-state index contributed by atoms with van der Waals surface area (Å²) in [5.41, 5.74) is 2.74. The molecule has 4 rings (SSSR count). The first-order valence-electron chi connectivity index (χ1n) is 10.3. The number of benzene rings is 1. The van der Waals surface area contributed by atoms with Crippen molar-refractivity contribution in [1.82, 2.24) is 20.3 Å². The maximum atomic E-state index is 13.1. The van der Waals surface area contributed by atoms with Crippen LogP contribution in [-0.4, -0.2) is 27.0 Å². The van der Waals surface area contributed by atoms with Gasteiger partial charge in [-0.2, -0.15) is 0 Å². The van der Waals surface area contributed by atoms with Gasteiger partial charge in [0, 0.05) is 29.7 Å². The molecule has 1 aliphatic rings. The molecule has 1 aliphatic carbocycles. The van der Waals surface area contributed by atoms with Crippen molar-refractivity contribution in [2.75, 3.05) is 0 Å². The minimum Gasteiger partial charge on any atom is -0.481 e. The summed E-state index contributed by atoms with van der Waals surface area (Å²) in [6.45, 7) is 6.01. The highest BCUT2D eigenvalue weighted by Gasteiger charge is 2.35. The summed E-state index contributed by atoms with van der Waals surface area (Å²) in [6.07, 6.45) is 6.09. The van der Waals surface area contributed by atoms with Gasteiger partial charge in [0.25, 0.3) is 5.91 Å². The maximum Gasteiger partial charge on any atom is 0.261 e. The zero-order chi connectivity index (χ0) is 22.0. The predicted molar refractivity (Wildman–Crippen MR) is 115 cm³/mol. The lowest BCUT2D eigenvalue weighted by molar-refractivity contribution is -0.128. The van der Waals surface area contributed by atoms with E-state index in [0.717, 1.165) is 29.7 Å². The molecule has 160 valence electrons. The molecule has 0 unspecified atom stereocenters. The molecule has 0 fully saturated rings. The fourth-order valence-electron chi connectivity index (χ4n) is 3.88. The molecule has 31 heavy (non-hydrogen) atoms. The molecule has 0 bridgehead atoms. The standard InChI is InChI=1S/C24H25FN4O2/c1-15(31-18-6-4-17(25)5-7-18)23(30)29-21-13-24(2,3)12-20-19(21)14-27-22(28-20)16-8-10-26-11-9-16/h4-11,14-15,21H,12-13H2,1-3H3,(H,29,30)/t15-,21+/m1/s1. The largest absolute Gasteiger partial charge is 0.481 e. The van der Waals surface area contributed by atoms with Crippen molar-refractivity contribution < 1.29 is 13.9 Å². The second-order valence-corrected chi connectivity index (χ2v) is 8.65. The molecule has 3 aromatic rings. The number of hydrogen-bond donors (Lipinski definition) is 1. The third-order valence-electron chi connectivity index (χ3n) is 5.43. The van der Waals surface area contributed by atoms with Crippen LogP contribution in [0, 0.1) is 11.2 Å². The monoisotopic (exact) mass is 420 g/mol. The zero-order valence-electron chi connectivity index (χ0n) is 17.8. The molecule has 1 amide bonds. The lowest BCUT2D eigenvalue weighted by atomic mass is 9.74. The fourth-order valence-corrected chi connectivity index (χ4v) is 3.88. The van der Waals surface area contributed by atoms with E-state index >= 15 is 0 Å². The first-order valence-corrected chi connectivity index (χ1v) is 10.3. The van der Waals surface area contributed by atoms with Crippen LogP contribution in [0.5, 0.6) is 5.75 Å². The lowest BCUT2D eigenvalue weighted by Gasteiger charge is -2.37. The number of amides is 1. The molecule has 2 aromatic heterocycles. The van der Waals surface area contributed by atoms with Crippen molar-refractivity contribution in [2.24, 2.45) is 5.41 Å². The molecular weight excluding hydrogens is 395 g/mol. The van der Waals surface area contributed by atoms with Gasteiger partial charge < -0.3 is 10.1 Å². The van der Waals surface area contributed by atoms with Gasteiger partial charge >= 0.3 is 0 Å². The van der Waals surface area contributed by atoms with Gasteiger partial charge in [0.05, 0.1) is 11.7 Å². The smallest absolute Gasteiger partial charge is 0.261 e. The number of rotatable bonds is 5. The van der Waals surface area contributed by atoms with E-state index in [1.807, 2.05) is 18.3 Å². The quantitative estimate of drug-likeness (QED) is 0.667. The predicted octanol–water partition coefficient (Wildman–Crippen LogP) is 4.27. The Hall–Kier alpha value is -3.35. The first-order chi connectivity index (χ1) is 14.8. The van der Waals surface area contributed by atoms with Crippen LogP contribution in [-0.2, 0) is 11.2 Å². The van der Waals surface area contributed by atoms with E-state index in [1.54, 1.807) is 19.3 Å². The molecule has 0 aliphatic heterocycles. The molecular formula is C24H25FN4O2. The number of carbonyl (C=O) groups excluding carboxylic acids is 1. The van der Waals surface area contributed by atoms with E-state index in [9.17, 15) is 9.18 Å². The van der Waals surface area contributed by atoms with Gasteiger partial charge in [-0.15, -0.1) is 0 Å². The minimum atomic E-state index is -0.726. The molecule has 2 heterocycles. The van der Waals surface area contributed by atoms with E-state index in [1.165, 1.54) is 24.3 Å². The highest BCUT2D eigenvalue weighted by atomic mass is 19.1. The summed E-state index contributed by atoms with van der Waals surface area (Å²) in [5, 5.41) is 3.09. The molecule has 0 saturated heterocycles. The van der Waals surface area contributed by atoms with Crippen LogP contribution in [0.4, 0.5) is 4.39 Å². The minimum absolute atomic E-state index is 0.0319. The van der Waals surface area contributed by atoms with Crippen LogP contribution in [0.25, 0.3) is 11.4 Å². The first kappa shape index (κ1) is 20.9. The normalized spacial score (nSPS) is 18.0. The Morgan fingerprint density at radius 1 is 1.19 bits per heavy atom. The molecule has 6 nitrogen and oxygen atoms in total. The number of fused-ring (bicyclic) bond motifs is 1. The summed E-state index contributed by atoms with van der Waals surface area (Å²) in [6, 6.07) is 9.17. The molecule has 0 radical (unpaired) electrons. The number of ether oxygens (including phenoxy) is 1. The Morgan fingerprint density at radius 2 is 1.90 bits per heavy atom. The topological polar surface area (TPSA) is 77.0 Å². The third-order valence-corrected chi connectivity index (χ3v) is 5.43. The van der Waals surface area contributed by atoms with Crippen LogP contribution < -0.4 is 10.1 Å². The Morgan fingerprint density at radius 3 is 2.61 bits per heavy atom. The van der Waals surface area contributed by atoms with E-state index in [0.29, 0.717) is 11.6 Å². The van der Waals surface area contributed by atoms with Crippen LogP contribution in [0.2, 0.25) is 0 Å². The van der Waals surface area contributed by atoms with Gasteiger partial charge in [0.2, 0.25) is 0 Å². The summed E-state index contributed by atoms with van der Waals surface area (Å²) in [5.74, 6) is 0.503. The van der Waals surface area contributed by atoms with Gasteiger partial charge in [0.15, 0.2) is 11.9 Å². The fraction of sp³-hybridized carbons (Fsp3) is 0.333. The maximum absolute atomic E-state index is 13.1. The second-order valence-electron chi connectivity index (χ2n) is 8.65. The molecule has 2 atom stereocenters. The van der Waals surface area contributed by atoms with Crippen LogP contribution in [0.1, 0.15) is 44.5 Å². The molecule has 0 saturated carbocycles. The lowest BCUT2D eigenvalue weighted by Crippen LogP contribution is -2.42. The SMILES string of the molecule is C[C@@H](Oc1ccc(F)cc1)C(=O)N[C@H]1CC(C)(C)Cc2nc(-c3ccncc3)ncc21. The van der Waals surface area contributed by atoms with Crippen LogP contribution >= 0.6 is 0 Å².